The van der Waals surface area contributed by atoms with Crippen molar-refractivity contribution in [2.24, 2.45) is 7.05 Å². The maximum atomic E-state index is 11.1. The van der Waals surface area contributed by atoms with Gasteiger partial charge in [-0.1, -0.05) is 72.8 Å². The number of rotatable bonds is 7. The van der Waals surface area contributed by atoms with Crippen LogP contribution in [0.2, 0.25) is 0 Å². The smallest absolute Gasteiger partial charge is 0.333 e. The van der Waals surface area contributed by atoms with Gasteiger partial charge >= 0.3 is 5.97 Å². The summed E-state index contributed by atoms with van der Waals surface area (Å²) in [6.07, 6.45) is 1.38. The Balaban J connectivity index is 1.43. The average molecular weight is 496 g/mol. The minimum absolute atomic E-state index is 0.305. The van der Waals surface area contributed by atoms with Crippen molar-refractivity contribution in [3.8, 4) is 22.5 Å². The van der Waals surface area contributed by atoms with Gasteiger partial charge in [-0.15, -0.1) is 0 Å². The molecular formula is C33H25N3O2. The highest BCUT2D eigenvalue weighted by Crippen LogP contribution is 2.36. The number of aliphatic carboxylic acids is 1. The first-order valence-electron chi connectivity index (χ1n) is 12.1. The molecule has 1 aromatic heterocycles. The number of hydrogen-bond acceptors (Lipinski definition) is 2. The van der Waals surface area contributed by atoms with Crippen molar-refractivity contribution in [2.45, 2.75) is 0 Å². The molecule has 5 nitrogen and oxygen atoms in total. The molecular weight excluding hydrogens is 470 g/mol. The Morgan fingerprint density at radius 1 is 0.711 bits per heavy atom. The van der Waals surface area contributed by atoms with Gasteiger partial charge in [0.15, 0.2) is 0 Å². The summed E-state index contributed by atoms with van der Waals surface area (Å²) in [5, 5.41) is 9.09. The molecule has 0 aliphatic heterocycles. The van der Waals surface area contributed by atoms with Crippen LogP contribution in [-0.2, 0) is 11.8 Å². The van der Waals surface area contributed by atoms with Gasteiger partial charge in [0.1, 0.15) is 0 Å². The van der Waals surface area contributed by atoms with E-state index in [0.29, 0.717) is 5.56 Å². The Kier molecular flexibility index (Phi) is 6.88. The number of nitrogens with zero attached hydrogens (tertiary/aromatic N) is 3. The molecule has 0 saturated carbocycles. The molecule has 0 aliphatic carbocycles. The third kappa shape index (κ3) is 4.97. The van der Waals surface area contributed by atoms with E-state index >= 15 is 0 Å². The molecule has 184 valence electrons. The molecule has 1 N–H and O–H groups in total. The van der Waals surface area contributed by atoms with Crippen molar-refractivity contribution in [3.05, 3.63) is 144 Å². The predicted octanol–water partition coefficient (Wildman–Crippen LogP) is 8.17. The van der Waals surface area contributed by atoms with Gasteiger partial charge in [0, 0.05) is 35.5 Å². The zero-order valence-electron chi connectivity index (χ0n) is 20.8. The highest BCUT2D eigenvalue weighted by molar-refractivity contribution is 5.94. The first-order valence-corrected chi connectivity index (χ1v) is 12.1. The summed E-state index contributed by atoms with van der Waals surface area (Å²) in [6, 6.07) is 40.9. The SMILES string of the molecule is [C-]#[N+]C(=Cc1ccc(-c2ccc(-c3ccc(N(c4ccccc4)c4ccccc4)cc3)n2C)cc1)C(=O)O. The highest BCUT2D eigenvalue weighted by atomic mass is 16.4. The molecule has 4 aromatic carbocycles. The molecule has 0 atom stereocenters. The van der Waals surface area contributed by atoms with E-state index in [0.717, 1.165) is 39.6 Å². The molecule has 5 heteroatoms. The van der Waals surface area contributed by atoms with Gasteiger partial charge in [0.2, 0.25) is 0 Å². The van der Waals surface area contributed by atoms with E-state index < -0.39 is 5.97 Å². The second-order valence-corrected chi connectivity index (χ2v) is 8.78. The first-order chi connectivity index (χ1) is 18.5. The minimum Gasteiger partial charge on any atom is -0.486 e. The summed E-state index contributed by atoms with van der Waals surface area (Å²) in [6.45, 7) is 7.02. The van der Waals surface area contributed by atoms with E-state index in [-0.39, 0.29) is 5.70 Å². The second kappa shape index (κ2) is 10.7. The van der Waals surface area contributed by atoms with Crippen LogP contribution in [0.4, 0.5) is 17.1 Å². The maximum Gasteiger partial charge on any atom is 0.333 e. The quantitative estimate of drug-likeness (QED) is 0.183. The van der Waals surface area contributed by atoms with Crippen molar-refractivity contribution in [1.29, 1.82) is 0 Å². The maximum absolute atomic E-state index is 11.1. The molecule has 1 heterocycles. The fraction of sp³-hybridized carbons (Fsp3) is 0.0303. The number of aromatic nitrogens is 1. The van der Waals surface area contributed by atoms with Crippen LogP contribution in [0.25, 0.3) is 33.4 Å². The van der Waals surface area contributed by atoms with Gasteiger partial charge in [-0.25, -0.2) is 4.85 Å². The number of carbonyl (C=O) groups is 1. The molecule has 0 saturated heterocycles. The monoisotopic (exact) mass is 495 g/mol. The van der Waals surface area contributed by atoms with Crippen LogP contribution in [0.1, 0.15) is 5.56 Å². The Bertz CT molecular complexity index is 1590. The first kappa shape index (κ1) is 24.4. The molecule has 0 radical (unpaired) electrons. The van der Waals surface area contributed by atoms with Crippen LogP contribution < -0.4 is 4.90 Å². The molecule has 0 fully saturated rings. The topological polar surface area (TPSA) is 49.8 Å². The fourth-order valence-corrected chi connectivity index (χ4v) is 4.52. The Hall–Kier alpha value is -5.34. The number of benzene rings is 4. The lowest BCUT2D eigenvalue weighted by atomic mass is 10.1. The van der Waals surface area contributed by atoms with Gasteiger partial charge < -0.3 is 14.6 Å². The lowest BCUT2D eigenvalue weighted by Crippen LogP contribution is -2.09. The number of hydrogen-bond donors (Lipinski definition) is 1. The number of carboxylic acid groups (broad SMARTS) is 1. The molecule has 0 amide bonds. The van der Waals surface area contributed by atoms with E-state index in [2.05, 4.69) is 75.0 Å². The summed E-state index contributed by atoms with van der Waals surface area (Å²) in [5.41, 5.74) is 7.87. The molecule has 5 aromatic rings. The van der Waals surface area contributed by atoms with Crippen LogP contribution in [0, 0.1) is 6.57 Å². The summed E-state index contributed by atoms with van der Waals surface area (Å²) in [4.78, 5) is 16.4. The fourth-order valence-electron chi connectivity index (χ4n) is 4.52. The van der Waals surface area contributed by atoms with Crippen LogP contribution in [-0.4, -0.2) is 15.6 Å². The van der Waals surface area contributed by atoms with Gasteiger partial charge in [0.05, 0.1) is 6.57 Å². The normalized spacial score (nSPS) is 11.1. The van der Waals surface area contributed by atoms with E-state index in [1.165, 1.54) is 6.08 Å². The van der Waals surface area contributed by atoms with E-state index in [1.807, 2.05) is 67.7 Å². The van der Waals surface area contributed by atoms with E-state index in [9.17, 15) is 4.79 Å². The molecule has 0 unspecified atom stereocenters. The summed E-state index contributed by atoms with van der Waals surface area (Å²) in [5.74, 6) is -1.22. The third-order valence-electron chi connectivity index (χ3n) is 6.42. The van der Waals surface area contributed by atoms with Crippen molar-refractivity contribution in [2.75, 3.05) is 4.90 Å². The number of carboxylic acids is 1. The van der Waals surface area contributed by atoms with Gasteiger partial charge in [-0.2, -0.15) is 0 Å². The second-order valence-electron chi connectivity index (χ2n) is 8.78. The lowest BCUT2D eigenvalue weighted by molar-refractivity contribution is -0.132. The lowest BCUT2D eigenvalue weighted by Gasteiger charge is -2.25. The Morgan fingerprint density at radius 2 is 1.16 bits per heavy atom. The Labute approximate surface area is 222 Å². The average Bonchev–Trinajstić information content (AvgIpc) is 3.34. The summed E-state index contributed by atoms with van der Waals surface area (Å²) in [7, 11) is 2.04. The van der Waals surface area contributed by atoms with Crippen molar-refractivity contribution < 1.29 is 9.90 Å². The zero-order valence-corrected chi connectivity index (χ0v) is 20.8. The largest absolute Gasteiger partial charge is 0.486 e. The Morgan fingerprint density at radius 3 is 1.61 bits per heavy atom. The molecule has 38 heavy (non-hydrogen) atoms. The van der Waals surface area contributed by atoms with Crippen LogP contribution in [0.3, 0.4) is 0 Å². The zero-order chi connectivity index (χ0) is 26.5. The van der Waals surface area contributed by atoms with Crippen LogP contribution in [0.5, 0.6) is 0 Å². The molecule has 0 aliphatic rings. The van der Waals surface area contributed by atoms with Gasteiger partial charge in [0.25, 0.3) is 5.70 Å². The standard InChI is InChI=1S/C33H25N3O2/c1-34-30(33(37)38)23-24-13-15-25(16-14-24)31-21-22-32(35(31)2)26-17-19-29(20-18-26)36(27-9-5-3-6-10-27)28-11-7-4-8-12-28/h3-23H,2H3,(H,37,38). The van der Waals surface area contributed by atoms with Crippen molar-refractivity contribution in [3.63, 3.8) is 0 Å². The van der Waals surface area contributed by atoms with Gasteiger partial charge in [-0.3, -0.25) is 4.79 Å². The summed E-state index contributed by atoms with van der Waals surface area (Å²) >= 11 is 0. The van der Waals surface area contributed by atoms with Gasteiger partial charge in [-0.05, 0) is 71.3 Å². The van der Waals surface area contributed by atoms with Crippen LogP contribution in [0.15, 0.2) is 127 Å². The molecule has 5 rings (SSSR count). The number of para-hydroxylation sites is 2. The third-order valence-corrected chi connectivity index (χ3v) is 6.42. The minimum atomic E-state index is -1.22. The molecule has 0 spiro atoms. The molecule has 0 bridgehead atoms. The van der Waals surface area contributed by atoms with E-state index in [1.54, 1.807) is 0 Å². The van der Waals surface area contributed by atoms with E-state index in [4.69, 9.17) is 11.7 Å². The summed E-state index contributed by atoms with van der Waals surface area (Å²) < 4.78 is 2.15. The van der Waals surface area contributed by atoms with Crippen LogP contribution >= 0.6 is 0 Å². The number of anilines is 3. The highest BCUT2D eigenvalue weighted by Gasteiger charge is 2.14. The van der Waals surface area contributed by atoms with Crippen molar-refractivity contribution in [1.82, 2.24) is 4.57 Å². The predicted molar refractivity (Wildman–Crippen MR) is 153 cm³/mol. The van der Waals surface area contributed by atoms with Crippen molar-refractivity contribution >= 4 is 29.1 Å².